The average molecular weight is 426 g/mol. The zero-order valence-electron chi connectivity index (χ0n) is 14.6. The Bertz CT molecular complexity index is 1150. The molecule has 1 amide bonds. The topological polar surface area (TPSA) is 85.9 Å². The summed E-state index contributed by atoms with van der Waals surface area (Å²) < 4.78 is 0. The molecule has 4 rings (SSSR count). The van der Waals surface area contributed by atoms with E-state index < -0.39 is 5.91 Å². The van der Waals surface area contributed by atoms with E-state index in [9.17, 15) is 9.59 Å². The monoisotopic (exact) mass is 425 g/mol. The second-order valence-corrected chi connectivity index (χ2v) is 9.16. The summed E-state index contributed by atoms with van der Waals surface area (Å²) >= 11 is 4.33. The Morgan fingerprint density at radius 2 is 1.86 bits per heavy atom. The second-order valence-electron chi connectivity index (χ2n) is 6.00. The van der Waals surface area contributed by atoms with Crippen molar-refractivity contribution in [2.45, 2.75) is 11.4 Å². The van der Waals surface area contributed by atoms with E-state index in [4.69, 9.17) is 5.73 Å². The Kier molecular flexibility index (Phi) is 5.52. The molecular formula is C20H15N3O2S3. The lowest BCUT2D eigenvalue weighted by molar-refractivity contribution is -0.117. The molecule has 2 N–H and O–H groups in total. The molecule has 5 nitrogen and oxygen atoms in total. The number of rotatable bonds is 7. The van der Waals surface area contributed by atoms with Gasteiger partial charge in [0.1, 0.15) is 16.2 Å². The largest absolute Gasteiger partial charge is 0.369 e. The van der Waals surface area contributed by atoms with Crippen molar-refractivity contribution in [3.8, 4) is 10.4 Å². The number of thiophene rings is 2. The Balaban J connectivity index is 1.52. The second kappa shape index (κ2) is 8.22. The number of nitrogens with zero attached hydrogens (tertiary/aromatic N) is 2. The maximum Gasteiger partial charge on any atom is 0.222 e. The molecule has 0 fully saturated rings. The maximum absolute atomic E-state index is 12.5. The van der Waals surface area contributed by atoms with Crippen LogP contribution in [0.3, 0.4) is 0 Å². The van der Waals surface area contributed by atoms with Gasteiger partial charge in [0.05, 0.1) is 17.1 Å². The van der Waals surface area contributed by atoms with Crippen molar-refractivity contribution < 1.29 is 9.59 Å². The van der Waals surface area contributed by atoms with Gasteiger partial charge >= 0.3 is 0 Å². The number of carbonyl (C=O) groups is 2. The molecule has 1 aromatic carbocycles. The number of Topliss-reactive ketones (excluding diaryl/α,β-unsaturated/α-hetero) is 1. The van der Waals surface area contributed by atoms with Crippen molar-refractivity contribution >= 4 is 56.3 Å². The first-order valence-corrected chi connectivity index (χ1v) is 11.0. The van der Waals surface area contributed by atoms with Crippen LogP contribution < -0.4 is 5.73 Å². The van der Waals surface area contributed by atoms with E-state index >= 15 is 0 Å². The van der Waals surface area contributed by atoms with Gasteiger partial charge in [-0.15, -0.1) is 22.7 Å². The van der Waals surface area contributed by atoms with Crippen LogP contribution in [0.4, 0.5) is 0 Å². The number of hydrogen-bond donors (Lipinski definition) is 1. The zero-order valence-corrected chi connectivity index (χ0v) is 17.1. The fraction of sp³-hybridized carbons (Fsp3) is 0.100. The lowest BCUT2D eigenvalue weighted by Crippen LogP contribution is -2.12. The summed E-state index contributed by atoms with van der Waals surface area (Å²) in [6.45, 7) is 0. The van der Waals surface area contributed by atoms with Crippen molar-refractivity contribution in [1.29, 1.82) is 0 Å². The normalized spacial score (nSPS) is 11.0. The van der Waals surface area contributed by atoms with Gasteiger partial charge < -0.3 is 5.73 Å². The van der Waals surface area contributed by atoms with Gasteiger partial charge in [-0.05, 0) is 23.8 Å². The van der Waals surface area contributed by atoms with Gasteiger partial charge in [0.2, 0.25) is 5.91 Å². The first-order valence-electron chi connectivity index (χ1n) is 8.43. The van der Waals surface area contributed by atoms with Crippen molar-refractivity contribution in [2.75, 3.05) is 5.75 Å². The maximum atomic E-state index is 12.5. The predicted molar refractivity (Wildman–Crippen MR) is 115 cm³/mol. The van der Waals surface area contributed by atoms with Crippen LogP contribution in [0.5, 0.6) is 0 Å². The van der Waals surface area contributed by atoms with E-state index in [1.807, 2.05) is 18.2 Å². The molecule has 0 atom stereocenters. The Labute approximate surface area is 173 Å². The molecule has 0 spiro atoms. The van der Waals surface area contributed by atoms with Crippen LogP contribution in [0.1, 0.15) is 14.5 Å². The zero-order chi connectivity index (χ0) is 19.5. The number of primary amides is 1. The first kappa shape index (κ1) is 18.8. The SMILES string of the molecule is NC(=O)Cc1ccc(C(=O)CSc2ncnc3sc(-c4ccccc4)cc23)s1. The van der Waals surface area contributed by atoms with Crippen LogP contribution in [0.25, 0.3) is 20.7 Å². The smallest absolute Gasteiger partial charge is 0.222 e. The number of carbonyl (C=O) groups excluding carboxylic acids is 2. The molecule has 3 heterocycles. The standard InChI is InChI=1S/C20H15N3O2S3/c21-18(25)8-13-6-7-16(27-13)15(24)10-26-19-14-9-17(12-4-2-1-3-5-12)28-20(14)23-11-22-19/h1-7,9,11H,8,10H2,(H2,21,25). The highest BCUT2D eigenvalue weighted by atomic mass is 32.2. The van der Waals surface area contributed by atoms with Crippen molar-refractivity contribution in [3.05, 3.63) is 64.6 Å². The molecule has 8 heteroatoms. The highest BCUT2D eigenvalue weighted by molar-refractivity contribution is 8.00. The molecular weight excluding hydrogens is 410 g/mol. The van der Waals surface area contributed by atoms with E-state index in [0.29, 0.717) is 4.88 Å². The van der Waals surface area contributed by atoms with E-state index in [-0.39, 0.29) is 18.0 Å². The average Bonchev–Trinajstić information content (AvgIpc) is 3.33. The Hall–Kier alpha value is -2.55. The number of benzene rings is 1. The molecule has 0 saturated heterocycles. The Morgan fingerprint density at radius 1 is 1.04 bits per heavy atom. The van der Waals surface area contributed by atoms with E-state index in [2.05, 4.69) is 28.2 Å². The fourth-order valence-corrected chi connectivity index (χ4v) is 5.66. The first-order chi connectivity index (χ1) is 13.6. The lowest BCUT2D eigenvalue weighted by Gasteiger charge is -2.00. The molecule has 0 aliphatic carbocycles. The number of amides is 1. The molecule has 0 bridgehead atoms. The molecule has 28 heavy (non-hydrogen) atoms. The van der Waals surface area contributed by atoms with Crippen LogP contribution in [0.15, 0.2) is 59.9 Å². The van der Waals surface area contributed by atoms with E-state index in [1.54, 1.807) is 23.5 Å². The van der Waals surface area contributed by atoms with Gasteiger partial charge in [-0.2, -0.15) is 0 Å². The molecule has 0 unspecified atom stereocenters. The van der Waals surface area contributed by atoms with E-state index in [0.717, 1.165) is 30.6 Å². The number of aromatic nitrogens is 2. The number of ketones is 1. The minimum absolute atomic E-state index is 0.0102. The van der Waals surface area contributed by atoms with Gasteiger partial charge in [0.25, 0.3) is 0 Å². The minimum atomic E-state index is -0.398. The summed E-state index contributed by atoms with van der Waals surface area (Å²) in [6, 6.07) is 15.7. The third-order valence-electron chi connectivity index (χ3n) is 3.98. The van der Waals surface area contributed by atoms with Crippen molar-refractivity contribution in [1.82, 2.24) is 9.97 Å². The molecule has 0 aliphatic heterocycles. The van der Waals surface area contributed by atoms with Crippen LogP contribution in [-0.2, 0) is 11.2 Å². The molecule has 3 aromatic heterocycles. The third-order valence-corrected chi connectivity index (χ3v) is 7.20. The summed E-state index contributed by atoms with van der Waals surface area (Å²) in [5, 5.41) is 1.76. The van der Waals surface area contributed by atoms with Gasteiger partial charge in [-0.1, -0.05) is 42.1 Å². The van der Waals surface area contributed by atoms with Gasteiger partial charge in [-0.25, -0.2) is 9.97 Å². The molecule has 140 valence electrons. The van der Waals surface area contributed by atoms with E-state index in [1.165, 1.54) is 29.4 Å². The molecule has 4 aromatic rings. The summed E-state index contributed by atoms with van der Waals surface area (Å²) in [5.74, 6) is -0.111. The fourth-order valence-electron chi connectivity index (χ4n) is 2.69. The minimum Gasteiger partial charge on any atom is -0.369 e. The molecule has 0 radical (unpaired) electrons. The summed E-state index contributed by atoms with van der Waals surface area (Å²) in [6.07, 6.45) is 1.70. The Morgan fingerprint density at radius 3 is 2.64 bits per heavy atom. The number of hydrogen-bond acceptors (Lipinski definition) is 7. The third kappa shape index (κ3) is 4.14. The highest BCUT2D eigenvalue weighted by Gasteiger charge is 2.15. The molecule has 0 saturated carbocycles. The van der Waals surface area contributed by atoms with Crippen LogP contribution >= 0.6 is 34.4 Å². The van der Waals surface area contributed by atoms with Gasteiger partial charge in [-0.3, -0.25) is 9.59 Å². The van der Waals surface area contributed by atoms with Gasteiger partial charge in [0.15, 0.2) is 5.78 Å². The van der Waals surface area contributed by atoms with Crippen LogP contribution in [-0.4, -0.2) is 27.4 Å². The highest BCUT2D eigenvalue weighted by Crippen LogP contribution is 2.36. The van der Waals surface area contributed by atoms with Crippen LogP contribution in [0.2, 0.25) is 0 Å². The predicted octanol–water partition coefficient (Wildman–Crippen LogP) is 4.42. The quantitative estimate of drug-likeness (QED) is 0.269. The van der Waals surface area contributed by atoms with Crippen LogP contribution in [0, 0.1) is 0 Å². The number of thioether (sulfide) groups is 1. The summed E-state index contributed by atoms with van der Waals surface area (Å²) in [4.78, 5) is 35.7. The van der Waals surface area contributed by atoms with Crippen molar-refractivity contribution in [3.63, 3.8) is 0 Å². The summed E-state index contributed by atoms with van der Waals surface area (Å²) in [5.41, 5.74) is 6.34. The van der Waals surface area contributed by atoms with Gasteiger partial charge in [0, 0.05) is 15.1 Å². The number of fused-ring (bicyclic) bond motifs is 1. The summed E-state index contributed by atoms with van der Waals surface area (Å²) in [7, 11) is 0. The van der Waals surface area contributed by atoms with Crippen molar-refractivity contribution in [2.24, 2.45) is 5.73 Å². The molecule has 0 aliphatic rings. The number of nitrogens with two attached hydrogens (primary N) is 1. The lowest BCUT2D eigenvalue weighted by atomic mass is 10.2.